The number of aryl methyl sites for hydroxylation is 2. The summed E-state index contributed by atoms with van der Waals surface area (Å²) in [6.45, 7) is 7.78. The molecule has 0 unspecified atom stereocenters. The van der Waals surface area contributed by atoms with Gasteiger partial charge in [-0.1, -0.05) is 42.0 Å². The summed E-state index contributed by atoms with van der Waals surface area (Å²) in [6.07, 6.45) is 0. The van der Waals surface area contributed by atoms with Crippen molar-refractivity contribution in [3.05, 3.63) is 70.3 Å². The van der Waals surface area contributed by atoms with Crippen molar-refractivity contribution in [3.63, 3.8) is 0 Å². The van der Waals surface area contributed by atoms with Crippen molar-refractivity contribution in [3.8, 4) is 0 Å². The molecule has 1 aliphatic rings. The molecule has 0 amide bonds. The third-order valence-electron chi connectivity index (χ3n) is 4.34. The summed E-state index contributed by atoms with van der Waals surface area (Å²) in [7, 11) is -3.69. The highest BCUT2D eigenvalue weighted by Gasteiger charge is 2.31. The summed E-state index contributed by atoms with van der Waals surface area (Å²) < 4.78 is 29.0. The van der Waals surface area contributed by atoms with Crippen LogP contribution in [-0.4, -0.2) is 14.3 Å². The van der Waals surface area contributed by atoms with Gasteiger partial charge >= 0.3 is 0 Å². The minimum Gasteiger partial charge on any atom is -0.339 e. The molecule has 24 heavy (non-hydrogen) atoms. The van der Waals surface area contributed by atoms with Crippen LogP contribution in [0, 0.1) is 20.8 Å². The summed E-state index contributed by atoms with van der Waals surface area (Å²) in [6, 6.07) is 13.3. The maximum absolute atomic E-state index is 12.5. The van der Waals surface area contributed by atoms with E-state index in [-0.39, 0.29) is 4.91 Å². The number of anilines is 1. The van der Waals surface area contributed by atoms with Crippen LogP contribution in [0.3, 0.4) is 0 Å². The third kappa shape index (κ3) is 2.87. The Morgan fingerprint density at radius 3 is 2.25 bits per heavy atom. The van der Waals surface area contributed by atoms with Gasteiger partial charge < -0.3 is 5.32 Å². The standard InChI is InChI=1S/C19H20N2O2S/c1-12-8-10-16(11-9-12)18-15(4)19(21-24(18,22)23)20-17-7-5-6-13(2)14(17)3/h5-11H,1-4H3,(H,20,21). The fourth-order valence-corrected chi connectivity index (χ4v) is 4.17. The number of sulfonamides is 1. The minimum absolute atomic E-state index is 0.273. The van der Waals surface area contributed by atoms with E-state index in [0.717, 1.165) is 22.4 Å². The van der Waals surface area contributed by atoms with Crippen LogP contribution in [0.5, 0.6) is 0 Å². The lowest BCUT2D eigenvalue weighted by atomic mass is 10.1. The average Bonchev–Trinajstić information content (AvgIpc) is 2.74. The number of benzene rings is 2. The summed E-state index contributed by atoms with van der Waals surface area (Å²) in [5, 5.41) is 3.18. The highest BCUT2D eigenvalue weighted by molar-refractivity contribution is 8.00. The molecular formula is C19H20N2O2S. The molecule has 1 heterocycles. The van der Waals surface area contributed by atoms with Gasteiger partial charge in [-0.25, -0.2) is 0 Å². The lowest BCUT2D eigenvalue weighted by Gasteiger charge is -2.11. The summed E-state index contributed by atoms with van der Waals surface area (Å²) in [5.41, 5.74) is 5.48. The average molecular weight is 340 g/mol. The molecule has 1 aliphatic heterocycles. The van der Waals surface area contributed by atoms with E-state index in [1.165, 1.54) is 0 Å². The van der Waals surface area contributed by atoms with E-state index >= 15 is 0 Å². The zero-order valence-corrected chi connectivity index (χ0v) is 15.0. The normalized spacial score (nSPS) is 16.2. The highest BCUT2D eigenvalue weighted by Crippen LogP contribution is 2.33. The second-order valence-electron chi connectivity index (χ2n) is 6.11. The van der Waals surface area contributed by atoms with Crippen molar-refractivity contribution in [2.24, 2.45) is 4.40 Å². The van der Waals surface area contributed by atoms with Gasteiger partial charge in [-0.3, -0.25) is 0 Å². The number of hydrogen-bond acceptors (Lipinski definition) is 3. The van der Waals surface area contributed by atoms with Gasteiger partial charge in [0.25, 0.3) is 10.0 Å². The Labute approximate surface area is 143 Å². The fourth-order valence-electron chi connectivity index (χ4n) is 2.74. The van der Waals surface area contributed by atoms with Crippen molar-refractivity contribution >= 4 is 26.5 Å². The van der Waals surface area contributed by atoms with Gasteiger partial charge in [0.05, 0.1) is 0 Å². The molecule has 0 fully saturated rings. The lowest BCUT2D eigenvalue weighted by molar-refractivity contribution is 0.608. The van der Waals surface area contributed by atoms with E-state index in [1.807, 2.05) is 63.2 Å². The monoisotopic (exact) mass is 340 g/mol. The Morgan fingerprint density at radius 1 is 0.917 bits per heavy atom. The molecule has 0 aromatic heterocycles. The molecule has 0 saturated heterocycles. The molecule has 4 nitrogen and oxygen atoms in total. The van der Waals surface area contributed by atoms with Crippen LogP contribution >= 0.6 is 0 Å². The number of rotatable bonds is 2. The maximum atomic E-state index is 12.5. The molecule has 1 N–H and O–H groups in total. The molecule has 0 spiro atoms. The molecule has 0 saturated carbocycles. The van der Waals surface area contributed by atoms with Crippen LogP contribution in [-0.2, 0) is 10.0 Å². The smallest absolute Gasteiger partial charge is 0.285 e. The summed E-state index contributed by atoms with van der Waals surface area (Å²) in [4.78, 5) is 0.273. The quantitative estimate of drug-likeness (QED) is 0.891. The van der Waals surface area contributed by atoms with Gasteiger partial charge in [-0.15, -0.1) is 4.40 Å². The Hall–Kier alpha value is -2.40. The van der Waals surface area contributed by atoms with E-state index in [2.05, 4.69) is 9.71 Å². The van der Waals surface area contributed by atoms with Gasteiger partial charge in [0, 0.05) is 11.3 Å². The number of hydrogen-bond donors (Lipinski definition) is 1. The topological polar surface area (TPSA) is 58.5 Å². The van der Waals surface area contributed by atoms with Gasteiger partial charge in [0.2, 0.25) is 0 Å². The van der Waals surface area contributed by atoms with E-state index in [1.54, 1.807) is 6.92 Å². The summed E-state index contributed by atoms with van der Waals surface area (Å²) in [5.74, 6) is 0.388. The molecule has 2 aromatic carbocycles. The van der Waals surface area contributed by atoms with Crippen molar-refractivity contribution < 1.29 is 8.42 Å². The van der Waals surface area contributed by atoms with Gasteiger partial charge in [0.15, 0.2) is 0 Å². The first-order valence-corrected chi connectivity index (χ1v) is 9.20. The van der Waals surface area contributed by atoms with Gasteiger partial charge in [-0.2, -0.15) is 8.42 Å². The fraction of sp³-hybridized carbons (Fsp3) is 0.211. The van der Waals surface area contributed by atoms with E-state index in [0.29, 0.717) is 17.0 Å². The zero-order valence-electron chi connectivity index (χ0n) is 14.2. The van der Waals surface area contributed by atoms with E-state index in [4.69, 9.17) is 0 Å². The first-order chi connectivity index (χ1) is 11.3. The van der Waals surface area contributed by atoms with Crippen molar-refractivity contribution in [2.75, 3.05) is 5.32 Å². The van der Waals surface area contributed by atoms with Gasteiger partial charge in [-0.05, 0) is 50.5 Å². The second-order valence-corrected chi connectivity index (χ2v) is 7.65. The van der Waals surface area contributed by atoms with Crippen molar-refractivity contribution in [1.29, 1.82) is 0 Å². The maximum Gasteiger partial charge on any atom is 0.285 e. The minimum atomic E-state index is -3.69. The predicted molar refractivity (Wildman–Crippen MR) is 99.7 cm³/mol. The van der Waals surface area contributed by atoms with Crippen LogP contribution in [0.25, 0.3) is 4.91 Å². The lowest BCUT2D eigenvalue weighted by Crippen LogP contribution is -2.12. The van der Waals surface area contributed by atoms with E-state index < -0.39 is 10.0 Å². The molecule has 0 bridgehead atoms. The molecular weight excluding hydrogens is 320 g/mol. The largest absolute Gasteiger partial charge is 0.339 e. The van der Waals surface area contributed by atoms with Crippen molar-refractivity contribution in [2.45, 2.75) is 27.7 Å². The molecule has 3 rings (SSSR count). The first kappa shape index (κ1) is 16.5. The Kier molecular flexibility index (Phi) is 4.05. The second kappa shape index (κ2) is 5.91. The van der Waals surface area contributed by atoms with Crippen LogP contribution in [0.2, 0.25) is 0 Å². The van der Waals surface area contributed by atoms with Crippen molar-refractivity contribution in [1.82, 2.24) is 0 Å². The molecule has 0 atom stereocenters. The Morgan fingerprint density at radius 2 is 1.58 bits per heavy atom. The molecule has 2 aromatic rings. The highest BCUT2D eigenvalue weighted by atomic mass is 32.2. The SMILES string of the molecule is CC1=C(c2ccc(C)cc2)S(=O)(=O)N=C1Nc1cccc(C)c1C. The predicted octanol–water partition coefficient (Wildman–Crippen LogP) is 4.20. The van der Waals surface area contributed by atoms with E-state index in [9.17, 15) is 8.42 Å². The Bertz CT molecular complexity index is 969. The van der Waals surface area contributed by atoms with Crippen LogP contribution in [0.4, 0.5) is 5.69 Å². The number of nitrogens with zero attached hydrogens (tertiary/aromatic N) is 1. The van der Waals surface area contributed by atoms with Gasteiger partial charge in [0.1, 0.15) is 10.7 Å². The van der Waals surface area contributed by atoms with Crippen LogP contribution in [0.15, 0.2) is 52.4 Å². The Balaban J connectivity index is 2.04. The third-order valence-corrected chi connectivity index (χ3v) is 5.82. The summed E-state index contributed by atoms with van der Waals surface area (Å²) >= 11 is 0. The van der Waals surface area contributed by atoms with Crippen LogP contribution in [0.1, 0.15) is 29.2 Å². The molecule has 124 valence electrons. The van der Waals surface area contributed by atoms with Crippen LogP contribution < -0.4 is 5.32 Å². The number of amidine groups is 1. The molecule has 0 aliphatic carbocycles. The zero-order chi connectivity index (χ0) is 17.5. The molecule has 5 heteroatoms. The molecule has 0 radical (unpaired) electrons. The first-order valence-electron chi connectivity index (χ1n) is 7.76. The number of nitrogens with one attached hydrogen (secondary N) is 1.